The second-order valence-corrected chi connectivity index (χ2v) is 8.22. The molecule has 0 aliphatic rings. The van der Waals surface area contributed by atoms with Gasteiger partial charge < -0.3 is 8.92 Å². The Bertz CT molecular complexity index is 818. The van der Waals surface area contributed by atoms with Crippen LogP contribution in [0.4, 0.5) is 0 Å². The smallest absolute Gasteiger partial charge is 0.339 e. The van der Waals surface area contributed by atoms with Gasteiger partial charge in [-0.15, -0.1) is 0 Å². The van der Waals surface area contributed by atoms with Gasteiger partial charge in [-0.05, 0) is 57.5 Å². The third-order valence-corrected chi connectivity index (χ3v) is 4.64. The zero-order chi connectivity index (χ0) is 18.7. The van der Waals surface area contributed by atoms with Gasteiger partial charge in [0.25, 0.3) is 0 Å². The zero-order valence-corrected chi connectivity index (χ0v) is 15.5. The summed E-state index contributed by atoms with van der Waals surface area (Å²) in [5.41, 5.74) is 0.164. The van der Waals surface area contributed by atoms with E-state index in [-0.39, 0.29) is 16.6 Å². The number of ether oxygens (including phenoxy) is 1. The van der Waals surface area contributed by atoms with Gasteiger partial charge in [0.05, 0.1) is 5.92 Å². The molecule has 5 nitrogen and oxygen atoms in total. The summed E-state index contributed by atoms with van der Waals surface area (Å²) in [6.45, 7) is 7.17. The molecule has 0 aromatic heterocycles. The third-order valence-electron chi connectivity index (χ3n) is 3.38. The molecule has 1 atom stereocenters. The number of carbonyl (C=O) groups is 1. The third kappa shape index (κ3) is 5.32. The van der Waals surface area contributed by atoms with Gasteiger partial charge >= 0.3 is 16.1 Å². The minimum absolute atomic E-state index is 0.0844. The lowest BCUT2D eigenvalue weighted by Crippen LogP contribution is -2.26. The van der Waals surface area contributed by atoms with Crippen LogP contribution in [0, 0.1) is 0 Å². The Morgan fingerprint density at radius 3 is 2.04 bits per heavy atom. The molecular formula is C19H22O5S. The fourth-order valence-corrected chi connectivity index (χ4v) is 3.05. The van der Waals surface area contributed by atoms with E-state index in [1.807, 2.05) is 20.8 Å². The first-order valence-electron chi connectivity index (χ1n) is 7.91. The predicted molar refractivity (Wildman–Crippen MR) is 95.0 cm³/mol. The quantitative estimate of drug-likeness (QED) is 0.596. The summed E-state index contributed by atoms with van der Waals surface area (Å²) in [6, 6.07) is 14.3. The second kappa shape index (κ2) is 7.27. The maximum Gasteiger partial charge on any atom is 0.339 e. The Morgan fingerprint density at radius 2 is 1.52 bits per heavy atom. The van der Waals surface area contributed by atoms with E-state index in [9.17, 15) is 13.2 Å². The van der Waals surface area contributed by atoms with Crippen LogP contribution in [0.2, 0.25) is 0 Å². The lowest BCUT2D eigenvalue weighted by Gasteiger charge is -2.22. The topological polar surface area (TPSA) is 69.7 Å². The maximum atomic E-state index is 12.2. The van der Waals surface area contributed by atoms with Gasteiger partial charge in [0, 0.05) is 0 Å². The molecule has 6 heteroatoms. The van der Waals surface area contributed by atoms with Gasteiger partial charge in [0.2, 0.25) is 0 Å². The van der Waals surface area contributed by atoms with Crippen molar-refractivity contribution in [2.45, 2.75) is 44.1 Å². The molecule has 134 valence electrons. The molecule has 0 bridgehead atoms. The fourth-order valence-electron chi connectivity index (χ4n) is 2.10. The van der Waals surface area contributed by atoms with Crippen LogP contribution in [0.1, 0.15) is 39.2 Å². The molecule has 0 aliphatic carbocycles. The molecule has 0 saturated heterocycles. The minimum atomic E-state index is -3.88. The van der Waals surface area contributed by atoms with Gasteiger partial charge in [-0.3, -0.25) is 4.79 Å². The van der Waals surface area contributed by atoms with Crippen LogP contribution < -0.4 is 4.18 Å². The summed E-state index contributed by atoms with van der Waals surface area (Å²) in [6.07, 6.45) is 0. The number of esters is 1. The second-order valence-electron chi connectivity index (χ2n) is 6.67. The number of carbonyl (C=O) groups excluding carboxylic acids is 1. The Labute approximate surface area is 148 Å². The highest BCUT2D eigenvalue weighted by Crippen LogP contribution is 2.24. The molecule has 0 aliphatic heterocycles. The molecule has 0 fully saturated rings. The van der Waals surface area contributed by atoms with Crippen molar-refractivity contribution in [3.05, 3.63) is 60.2 Å². The molecular weight excluding hydrogens is 340 g/mol. The Kier molecular flexibility index (Phi) is 5.52. The average molecular weight is 362 g/mol. The van der Waals surface area contributed by atoms with Gasteiger partial charge in [0.15, 0.2) is 0 Å². The highest BCUT2D eigenvalue weighted by molar-refractivity contribution is 7.87. The molecule has 0 N–H and O–H groups in total. The summed E-state index contributed by atoms with van der Waals surface area (Å²) in [5.74, 6) is -0.610. The Balaban J connectivity index is 2.11. The van der Waals surface area contributed by atoms with Gasteiger partial charge in [-0.1, -0.05) is 30.3 Å². The molecule has 0 heterocycles. The van der Waals surface area contributed by atoms with Crippen molar-refractivity contribution in [2.24, 2.45) is 0 Å². The van der Waals surface area contributed by atoms with Crippen LogP contribution in [-0.2, 0) is 19.6 Å². The number of benzene rings is 2. The van der Waals surface area contributed by atoms with Crippen molar-refractivity contribution in [1.29, 1.82) is 0 Å². The lowest BCUT2D eigenvalue weighted by atomic mass is 10.0. The van der Waals surface area contributed by atoms with Crippen LogP contribution in [0.5, 0.6) is 5.75 Å². The summed E-state index contributed by atoms with van der Waals surface area (Å²) in [4.78, 5) is 12.2. The highest BCUT2D eigenvalue weighted by Gasteiger charge is 2.23. The Hall–Kier alpha value is -2.34. The Morgan fingerprint density at radius 1 is 0.960 bits per heavy atom. The summed E-state index contributed by atoms with van der Waals surface area (Å²) in [5, 5.41) is 0. The monoisotopic (exact) mass is 362 g/mol. The van der Waals surface area contributed by atoms with Crippen molar-refractivity contribution in [3.63, 3.8) is 0 Å². The van der Waals surface area contributed by atoms with Crippen LogP contribution in [0.25, 0.3) is 0 Å². The first-order valence-corrected chi connectivity index (χ1v) is 9.32. The number of hydrogen-bond acceptors (Lipinski definition) is 5. The van der Waals surface area contributed by atoms with E-state index < -0.39 is 21.6 Å². The lowest BCUT2D eigenvalue weighted by molar-refractivity contribution is -0.156. The van der Waals surface area contributed by atoms with Crippen LogP contribution in [-0.4, -0.2) is 20.0 Å². The minimum Gasteiger partial charge on any atom is -0.460 e. The van der Waals surface area contributed by atoms with Crippen molar-refractivity contribution in [3.8, 4) is 5.75 Å². The molecule has 1 unspecified atom stereocenters. The van der Waals surface area contributed by atoms with Crippen molar-refractivity contribution < 1.29 is 22.1 Å². The van der Waals surface area contributed by atoms with Crippen LogP contribution in [0.3, 0.4) is 0 Å². The van der Waals surface area contributed by atoms with Crippen molar-refractivity contribution >= 4 is 16.1 Å². The normalized spacial score (nSPS) is 13.1. The first-order chi connectivity index (χ1) is 11.6. The SMILES string of the molecule is CC(C(=O)OC(C)(C)C)c1ccc(OS(=O)(=O)c2ccccc2)cc1. The zero-order valence-electron chi connectivity index (χ0n) is 14.7. The summed E-state index contributed by atoms with van der Waals surface area (Å²) >= 11 is 0. The predicted octanol–water partition coefficient (Wildman–Crippen LogP) is 3.90. The van der Waals surface area contributed by atoms with E-state index in [4.69, 9.17) is 8.92 Å². The first kappa shape index (κ1) is 19.0. The fraction of sp³-hybridized carbons (Fsp3) is 0.316. The van der Waals surface area contributed by atoms with E-state index in [0.29, 0.717) is 0 Å². The average Bonchev–Trinajstić information content (AvgIpc) is 2.54. The molecule has 0 amide bonds. The number of hydrogen-bond donors (Lipinski definition) is 0. The molecule has 2 aromatic rings. The molecule has 2 aromatic carbocycles. The maximum absolute atomic E-state index is 12.2. The van der Waals surface area contributed by atoms with E-state index in [2.05, 4.69) is 0 Å². The number of rotatable bonds is 5. The summed E-state index contributed by atoms with van der Waals surface area (Å²) in [7, 11) is -3.88. The molecule has 0 radical (unpaired) electrons. The van der Waals surface area contributed by atoms with Gasteiger partial charge in [-0.25, -0.2) is 0 Å². The van der Waals surface area contributed by atoms with E-state index in [1.165, 1.54) is 24.3 Å². The van der Waals surface area contributed by atoms with E-state index in [0.717, 1.165) is 5.56 Å². The van der Waals surface area contributed by atoms with Gasteiger partial charge in [-0.2, -0.15) is 8.42 Å². The molecule has 0 spiro atoms. The molecule has 2 rings (SSSR count). The standard InChI is InChI=1S/C19H22O5S/c1-14(18(20)23-19(2,3)4)15-10-12-16(13-11-15)24-25(21,22)17-8-6-5-7-9-17/h5-14H,1-4H3. The van der Waals surface area contributed by atoms with E-state index in [1.54, 1.807) is 37.3 Å². The van der Waals surface area contributed by atoms with Crippen LogP contribution >= 0.6 is 0 Å². The van der Waals surface area contributed by atoms with Crippen molar-refractivity contribution in [2.75, 3.05) is 0 Å². The largest absolute Gasteiger partial charge is 0.460 e. The highest BCUT2D eigenvalue weighted by atomic mass is 32.2. The van der Waals surface area contributed by atoms with Gasteiger partial charge in [0.1, 0.15) is 16.2 Å². The molecule has 0 saturated carbocycles. The summed E-state index contributed by atoms with van der Waals surface area (Å²) < 4.78 is 34.9. The van der Waals surface area contributed by atoms with E-state index >= 15 is 0 Å². The van der Waals surface area contributed by atoms with Crippen LogP contribution in [0.15, 0.2) is 59.5 Å². The van der Waals surface area contributed by atoms with Crippen molar-refractivity contribution in [1.82, 2.24) is 0 Å². The molecule has 25 heavy (non-hydrogen) atoms.